The van der Waals surface area contributed by atoms with Gasteiger partial charge in [0.2, 0.25) is 0 Å². The van der Waals surface area contributed by atoms with Gasteiger partial charge in [0.1, 0.15) is 0 Å². The van der Waals surface area contributed by atoms with Gasteiger partial charge in [0.15, 0.2) is 5.82 Å². The normalized spacial score (nSPS) is 11.5. The second-order valence-corrected chi connectivity index (χ2v) is 7.52. The van der Waals surface area contributed by atoms with E-state index in [0.29, 0.717) is 22.1 Å². The Morgan fingerprint density at radius 2 is 1.55 bits per heavy atom. The third-order valence-corrected chi connectivity index (χ3v) is 5.16. The second kappa shape index (κ2) is 10.6. The van der Waals surface area contributed by atoms with Crippen LogP contribution in [0.1, 0.15) is 18.1 Å². The van der Waals surface area contributed by atoms with E-state index < -0.39 is 5.97 Å². The van der Waals surface area contributed by atoms with E-state index in [4.69, 9.17) is 16.3 Å². The van der Waals surface area contributed by atoms with Crippen LogP contribution in [-0.2, 0) is 9.53 Å². The van der Waals surface area contributed by atoms with Gasteiger partial charge < -0.3 is 10.1 Å². The van der Waals surface area contributed by atoms with Crippen molar-refractivity contribution in [1.82, 2.24) is 9.97 Å². The van der Waals surface area contributed by atoms with Crippen LogP contribution in [0.15, 0.2) is 97.3 Å². The molecule has 0 spiro atoms. The lowest BCUT2D eigenvalue weighted by Gasteiger charge is -2.19. The van der Waals surface area contributed by atoms with Gasteiger partial charge in [-0.1, -0.05) is 66.2 Å². The van der Waals surface area contributed by atoms with E-state index in [1.807, 2.05) is 66.7 Å². The summed E-state index contributed by atoms with van der Waals surface area (Å²) in [6.07, 6.45) is 3.39. The highest BCUT2D eigenvalue weighted by atomic mass is 35.5. The lowest BCUT2D eigenvalue weighted by Crippen LogP contribution is -2.13. The maximum absolute atomic E-state index is 13.3. The Hall–Kier alpha value is -3.96. The summed E-state index contributed by atoms with van der Waals surface area (Å²) in [4.78, 5) is 22.1. The van der Waals surface area contributed by atoms with Crippen molar-refractivity contribution >= 4 is 34.5 Å². The SMILES string of the molecule is CCOC(=O)/C(=C(\Nc1ccc(Cl)cc1)c1ccccc1-c1ncccn1)c1ccccc1. The van der Waals surface area contributed by atoms with Crippen molar-refractivity contribution in [3.63, 3.8) is 0 Å². The fraction of sp³-hybridized carbons (Fsp3) is 0.0741. The van der Waals surface area contributed by atoms with Gasteiger partial charge in [-0.25, -0.2) is 14.8 Å². The minimum absolute atomic E-state index is 0.257. The van der Waals surface area contributed by atoms with Gasteiger partial charge >= 0.3 is 5.97 Å². The lowest BCUT2D eigenvalue weighted by atomic mass is 9.95. The highest BCUT2D eigenvalue weighted by molar-refractivity contribution is 6.30. The summed E-state index contributed by atoms with van der Waals surface area (Å²) in [6.45, 7) is 2.05. The number of nitrogens with zero attached hydrogens (tertiary/aromatic N) is 2. The summed E-state index contributed by atoms with van der Waals surface area (Å²) in [5.74, 6) is 0.128. The molecule has 1 aromatic heterocycles. The Morgan fingerprint density at radius 1 is 0.879 bits per heavy atom. The molecule has 0 saturated carbocycles. The zero-order valence-electron chi connectivity index (χ0n) is 18.0. The molecule has 4 aromatic rings. The van der Waals surface area contributed by atoms with Crippen molar-refractivity contribution in [2.75, 3.05) is 11.9 Å². The average molecular weight is 456 g/mol. The number of nitrogens with one attached hydrogen (secondary N) is 1. The molecule has 1 heterocycles. The lowest BCUT2D eigenvalue weighted by molar-refractivity contribution is -0.136. The van der Waals surface area contributed by atoms with Crippen LogP contribution in [0.5, 0.6) is 0 Å². The number of carbonyl (C=O) groups is 1. The quantitative estimate of drug-likeness (QED) is 0.200. The van der Waals surface area contributed by atoms with Crippen molar-refractivity contribution < 1.29 is 9.53 Å². The molecule has 0 radical (unpaired) electrons. The second-order valence-electron chi connectivity index (χ2n) is 7.09. The van der Waals surface area contributed by atoms with Gasteiger partial charge in [-0.2, -0.15) is 0 Å². The number of esters is 1. The highest BCUT2D eigenvalue weighted by Crippen LogP contribution is 2.34. The van der Waals surface area contributed by atoms with Gasteiger partial charge in [0.25, 0.3) is 0 Å². The zero-order valence-corrected chi connectivity index (χ0v) is 18.8. The van der Waals surface area contributed by atoms with Gasteiger partial charge in [0, 0.05) is 34.2 Å². The molecule has 33 heavy (non-hydrogen) atoms. The number of benzene rings is 3. The van der Waals surface area contributed by atoms with Gasteiger partial charge in [-0.15, -0.1) is 0 Å². The highest BCUT2D eigenvalue weighted by Gasteiger charge is 2.23. The maximum atomic E-state index is 13.3. The standard InChI is InChI=1S/C27H22ClN3O2/c1-2-33-27(32)24(19-9-4-3-5-10-19)25(31-21-15-13-20(28)14-16-21)22-11-6-7-12-23(22)26-29-17-8-18-30-26/h3-18,31H,2H2,1H3/b25-24-. The molecule has 0 unspecified atom stereocenters. The number of carbonyl (C=O) groups excluding carboxylic acids is 1. The Bertz CT molecular complexity index is 1260. The molecular formula is C27H22ClN3O2. The fourth-order valence-corrected chi connectivity index (χ4v) is 3.57. The molecule has 0 fully saturated rings. The first kappa shape index (κ1) is 22.2. The fourth-order valence-electron chi connectivity index (χ4n) is 3.45. The summed E-state index contributed by atoms with van der Waals surface area (Å²) in [7, 11) is 0. The van der Waals surface area contributed by atoms with Crippen molar-refractivity contribution in [2.24, 2.45) is 0 Å². The van der Waals surface area contributed by atoms with Crippen molar-refractivity contribution in [3.8, 4) is 11.4 Å². The predicted molar refractivity (Wildman–Crippen MR) is 132 cm³/mol. The van der Waals surface area contributed by atoms with Crippen molar-refractivity contribution in [2.45, 2.75) is 6.92 Å². The van der Waals surface area contributed by atoms with Crippen LogP contribution in [0.3, 0.4) is 0 Å². The first-order valence-electron chi connectivity index (χ1n) is 10.5. The summed E-state index contributed by atoms with van der Waals surface area (Å²) in [6, 6.07) is 26.2. The van der Waals surface area contributed by atoms with E-state index in [-0.39, 0.29) is 6.61 Å². The largest absolute Gasteiger partial charge is 0.462 e. The Labute approximate surface area is 197 Å². The van der Waals surface area contributed by atoms with E-state index in [0.717, 1.165) is 22.4 Å². The Kier molecular flexibility index (Phi) is 7.12. The Balaban J connectivity index is 1.99. The first-order valence-corrected chi connectivity index (χ1v) is 10.9. The van der Waals surface area contributed by atoms with Crippen LogP contribution in [0, 0.1) is 0 Å². The number of anilines is 1. The maximum Gasteiger partial charge on any atom is 0.340 e. The smallest absolute Gasteiger partial charge is 0.340 e. The first-order chi connectivity index (χ1) is 16.2. The van der Waals surface area contributed by atoms with Crippen molar-refractivity contribution in [3.05, 3.63) is 113 Å². The molecule has 6 heteroatoms. The summed E-state index contributed by atoms with van der Waals surface area (Å²) >= 11 is 6.09. The number of ether oxygens (including phenoxy) is 1. The molecular weight excluding hydrogens is 434 g/mol. The zero-order chi connectivity index (χ0) is 23.0. The molecule has 5 nitrogen and oxygen atoms in total. The molecule has 0 saturated heterocycles. The predicted octanol–water partition coefficient (Wildman–Crippen LogP) is 6.34. The summed E-state index contributed by atoms with van der Waals surface area (Å²) in [5, 5.41) is 4.06. The summed E-state index contributed by atoms with van der Waals surface area (Å²) in [5.41, 5.74) is 4.06. The van der Waals surface area contributed by atoms with Gasteiger partial charge in [0.05, 0.1) is 17.9 Å². The molecule has 0 atom stereocenters. The van der Waals surface area contributed by atoms with E-state index in [1.165, 1.54) is 0 Å². The third kappa shape index (κ3) is 5.27. The number of halogens is 1. The van der Waals surface area contributed by atoms with Crippen LogP contribution < -0.4 is 5.32 Å². The minimum atomic E-state index is -0.427. The number of rotatable bonds is 7. The van der Waals surface area contributed by atoms with Crippen LogP contribution in [-0.4, -0.2) is 22.5 Å². The van der Waals surface area contributed by atoms with E-state index in [2.05, 4.69) is 15.3 Å². The number of hydrogen-bond donors (Lipinski definition) is 1. The molecule has 0 aliphatic heterocycles. The van der Waals surface area contributed by atoms with Crippen LogP contribution in [0.4, 0.5) is 5.69 Å². The average Bonchev–Trinajstić information content (AvgIpc) is 2.86. The molecule has 1 N–H and O–H groups in total. The monoisotopic (exact) mass is 455 g/mol. The van der Waals surface area contributed by atoms with Gasteiger partial charge in [-0.05, 0) is 42.8 Å². The molecule has 3 aromatic carbocycles. The number of hydrogen-bond acceptors (Lipinski definition) is 5. The Morgan fingerprint density at radius 3 is 2.24 bits per heavy atom. The molecule has 0 aliphatic carbocycles. The van der Waals surface area contributed by atoms with Crippen LogP contribution >= 0.6 is 11.6 Å². The van der Waals surface area contributed by atoms with E-state index in [1.54, 1.807) is 37.5 Å². The van der Waals surface area contributed by atoms with Gasteiger partial charge in [-0.3, -0.25) is 0 Å². The van der Waals surface area contributed by atoms with Crippen molar-refractivity contribution in [1.29, 1.82) is 0 Å². The molecule has 0 aliphatic rings. The molecule has 0 amide bonds. The summed E-state index contributed by atoms with van der Waals surface area (Å²) < 4.78 is 5.47. The van der Waals surface area contributed by atoms with Crippen LogP contribution in [0.25, 0.3) is 22.7 Å². The number of aromatic nitrogens is 2. The molecule has 164 valence electrons. The van der Waals surface area contributed by atoms with Crippen LogP contribution in [0.2, 0.25) is 5.02 Å². The third-order valence-electron chi connectivity index (χ3n) is 4.91. The van der Waals surface area contributed by atoms with E-state index in [9.17, 15) is 4.79 Å². The topological polar surface area (TPSA) is 64.1 Å². The molecule has 4 rings (SSSR count). The van der Waals surface area contributed by atoms with E-state index >= 15 is 0 Å². The minimum Gasteiger partial charge on any atom is -0.462 e. The molecule has 0 bridgehead atoms.